The van der Waals surface area contributed by atoms with Crippen molar-refractivity contribution >= 4 is 26.9 Å². The van der Waals surface area contributed by atoms with Crippen molar-refractivity contribution in [2.24, 2.45) is 0 Å². The molecular weight excluding hydrogens is 495 g/mol. The summed E-state index contributed by atoms with van der Waals surface area (Å²) in [5.74, 6) is 0.620. The molecule has 1 N–H and O–H groups in total. The van der Waals surface area contributed by atoms with Gasteiger partial charge in [0.25, 0.3) is 0 Å². The second-order valence-corrected chi connectivity index (χ2v) is 10.0. The first-order valence-corrected chi connectivity index (χ1v) is 12.2. The molecule has 1 aliphatic rings. The van der Waals surface area contributed by atoms with Crippen molar-refractivity contribution in [1.29, 1.82) is 5.26 Å². The van der Waals surface area contributed by atoms with Crippen molar-refractivity contribution in [2.75, 3.05) is 31.1 Å². The first-order chi connectivity index (χ1) is 17.2. The van der Waals surface area contributed by atoms with E-state index in [-0.39, 0.29) is 18.0 Å². The lowest BCUT2D eigenvalue weighted by Gasteiger charge is -2.34. The molecule has 1 saturated heterocycles. The van der Waals surface area contributed by atoms with E-state index in [1.54, 1.807) is 18.5 Å². The van der Waals surface area contributed by atoms with E-state index in [0.29, 0.717) is 52.8 Å². The Labute approximate surface area is 203 Å². The number of sulfonamides is 1. The molecule has 13 heteroatoms. The Bertz CT molecular complexity index is 1570. The predicted octanol–water partition coefficient (Wildman–Crippen LogP) is 3.42. The lowest BCUT2D eigenvalue weighted by Crippen LogP contribution is -2.48. The Morgan fingerprint density at radius 2 is 1.81 bits per heavy atom. The normalized spacial score (nSPS) is 15.2. The first kappa shape index (κ1) is 23.7. The van der Waals surface area contributed by atoms with Gasteiger partial charge in [0.1, 0.15) is 23.9 Å². The summed E-state index contributed by atoms with van der Waals surface area (Å²) < 4.78 is 66.1. The van der Waals surface area contributed by atoms with Crippen molar-refractivity contribution < 1.29 is 21.6 Å². The highest BCUT2D eigenvalue weighted by molar-refractivity contribution is 7.89. The van der Waals surface area contributed by atoms with Crippen LogP contribution < -0.4 is 4.90 Å². The molecule has 0 radical (unpaired) electrons. The number of aromatic amines is 1. The molecular formula is C23H18F3N7O2S. The van der Waals surface area contributed by atoms with Crippen LogP contribution in [0.15, 0.2) is 60.0 Å². The van der Waals surface area contributed by atoms with Crippen LogP contribution in [0.25, 0.3) is 22.3 Å². The summed E-state index contributed by atoms with van der Waals surface area (Å²) in [6.07, 6.45) is -0.0429. The van der Waals surface area contributed by atoms with Crippen LogP contribution in [0, 0.1) is 11.3 Å². The lowest BCUT2D eigenvalue weighted by molar-refractivity contribution is -0.137. The molecule has 0 amide bonds. The van der Waals surface area contributed by atoms with Crippen molar-refractivity contribution in [3.8, 4) is 17.3 Å². The molecule has 0 saturated carbocycles. The third-order valence-corrected chi connectivity index (χ3v) is 7.87. The predicted molar refractivity (Wildman–Crippen MR) is 124 cm³/mol. The molecule has 3 aromatic heterocycles. The van der Waals surface area contributed by atoms with E-state index in [0.717, 1.165) is 12.1 Å². The largest absolute Gasteiger partial charge is 0.416 e. The van der Waals surface area contributed by atoms with Gasteiger partial charge in [0.15, 0.2) is 0 Å². The van der Waals surface area contributed by atoms with Crippen LogP contribution in [0.5, 0.6) is 0 Å². The number of hydrogen-bond acceptors (Lipinski definition) is 7. The zero-order chi connectivity index (χ0) is 25.5. The Morgan fingerprint density at radius 1 is 1.03 bits per heavy atom. The fourth-order valence-corrected chi connectivity index (χ4v) is 5.59. The van der Waals surface area contributed by atoms with E-state index >= 15 is 0 Å². The summed E-state index contributed by atoms with van der Waals surface area (Å²) in [4.78, 5) is 17.4. The van der Waals surface area contributed by atoms with Crippen LogP contribution in [0.4, 0.5) is 19.0 Å². The molecule has 36 heavy (non-hydrogen) atoms. The van der Waals surface area contributed by atoms with Crippen LogP contribution in [0.1, 0.15) is 11.1 Å². The summed E-state index contributed by atoms with van der Waals surface area (Å²) in [7, 11) is -4.07. The zero-order valence-corrected chi connectivity index (χ0v) is 19.4. The van der Waals surface area contributed by atoms with Crippen LogP contribution in [-0.4, -0.2) is 58.8 Å². The van der Waals surface area contributed by atoms with E-state index in [2.05, 4.69) is 26.0 Å². The van der Waals surface area contributed by atoms with Crippen molar-refractivity contribution in [3.63, 3.8) is 0 Å². The summed E-state index contributed by atoms with van der Waals surface area (Å²) in [6.45, 7) is 0.838. The molecule has 0 unspecified atom stereocenters. The van der Waals surface area contributed by atoms with E-state index in [9.17, 15) is 26.9 Å². The Morgan fingerprint density at radius 3 is 2.47 bits per heavy atom. The second kappa shape index (κ2) is 8.89. The Kier molecular flexibility index (Phi) is 5.85. The van der Waals surface area contributed by atoms with Crippen molar-refractivity contribution in [3.05, 3.63) is 66.2 Å². The standard InChI is InChI=1S/C23H18F3N7O2S/c24-23(25,26)17-2-1-3-18(10-17)36(34,35)33-8-6-32(7-9-33)19-5-4-15(12-28-19)21-20-16(11-27)13-29-22(20)31-14-30-21/h1-5,10,12-14H,6-9H2,(H,29,30,31). The fourth-order valence-electron chi connectivity index (χ4n) is 4.12. The molecule has 1 aliphatic heterocycles. The molecule has 0 atom stereocenters. The molecule has 0 aliphatic carbocycles. The maximum Gasteiger partial charge on any atom is 0.416 e. The molecule has 4 heterocycles. The van der Waals surface area contributed by atoms with Gasteiger partial charge in [-0.2, -0.15) is 22.7 Å². The number of halogens is 3. The van der Waals surface area contributed by atoms with Gasteiger partial charge in [0.05, 0.1) is 27.1 Å². The highest BCUT2D eigenvalue weighted by Gasteiger charge is 2.34. The topological polar surface area (TPSA) is 119 Å². The third-order valence-electron chi connectivity index (χ3n) is 5.97. The number of nitrogens with zero attached hydrogens (tertiary/aromatic N) is 6. The Balaban J connectivity index is 1.31. The van der Waals surface area contributed by atoms with Crippen molar-refractivity contribution in [1.82, 2.24) is 24.2 Å². The van der Waals surface area contributed by atoms with Crippen LogP contribution in [0.2, 0.25) is 0 Å². The Hall–Kier alpha value is -4.02. The van der Waals surface area contributed by atoms with Gasteiger partial charge < -0.3 is 9.88 Å². The number of piperazine rings is 1. The molecule has 4 aromatic rings. The molecule has 1 aromatic carbocycles. The van der Waals surface area contributed by atoms with Gasteiger partial charge in [0, 0.05) is 44.1 Å². The average molecular weight is 514 g/mol. The first-order valence-electron chi connectivity index (χ1n) is 10.8. The van der Waals surface area contributed by atoms with Gasteiger partial charge in [-0.3, -0.25) is 0 Å². The molecule has 5 rings (SSSR count). The van der Waals surface area contributed by atoms with E-state index in [1.165, 1.54) is 16.7 Å². The number of aromatic nitrogens is 4. The number of rotatable bonds is 4. The van der Waals surface area contributed by atoms with Gasteiger partial charge in [-0.1, -0.05) is 6.07 Å². The highest BCUT2D eigenvalue weighted by atomic mass is 32.2. The van der Waals surface area contributed by atoms with Crippen LogP contribution >= 0.6 is 0 Å². The molecule has 9 nitrogen and oxygen atoms in total. The number of fused-ring (bicyclic) bond motifs is 1. The average Bonchev–Trinajstić information content (AvgIpc) is 3.32. The zero-order valence-electron chi connectivity index (χ0n) is 18.6. The maximum atomic E-state index is 13.0. The smallest absolute Gasteiger partial charge is 0.354 e. The summed E-state index contributed by atoms with van der Waals surface area (Å²) in [6, 6.07) is 9.47. The number of benzene rings is 1. The van der Waals surface area contributed by atoms with E-state index in [1.807, 2.05) is 11.0 Å². The number of hydrogen-bond donors (Lipinski definition) is 1. The maximum absolute atomic E-state index is 13.0. The van der Waals surface area contributed by atoms with Gasteiger partial charge in [-0.05, 0) is 30.3 Å². The highest BCUT2D eigenvalue weighted by Crippen LogP contribution is 2.32. The van der Waals surface area contributed by atoms with Gasteiger partial charge in [-0.15, -0.1) is 0 Å². The molecule has 1 fully saturated rings. The fraction of sp³-hybridized carbons (Fsp3) is 0.217. The lowest BCUT2D eigenvalue weighted by atomic mass is 10.1. The molecule has 0 bridgehead atoms. The van der Waals surface area contributed by atoms with Crippen LogP contribution in [0.3, 0.4) is 0 Å². The number of anilines is 1. The summed E-state index contributed by atoms with van der Waals surface area (Å²) in [5.41, 5.74) is 1.21. The van der Waals surface area contributed by atoms with E-state index in [4.69, 9.17) is 0 Å². The van der Waals surface area contributed by atoms with Gasteiger partial charge in [-0.25, -0.2) is 23.4 Å². The third kappa shape index (κ3) is 4.25. The minimum atomic E-state index is -4.63. The van der Waals surface area contributed by atoms with Gasteiger partial charge in [0.2, 0.25) is 10.0 Å². The number of nitrogens with one attached hydrogen (secondary N) is 1. The van der Waals surface area contributed by atoms with Gasteiger partial charge >= 0.3 is 6.18 Å². The number of alkyl halides is 3. The minimum absolute atomic E-state index is 0.101. The van der Waals surface area contributed by atoms with Crippen molar-refractivity contribution in [2.45, 2.75) is 11.1 Å². The molecule has 0 spiro atoms. The minimum Gasteiger partial charge on any atom is -0.354 e. The monoisotopic (exact) mass is 513 g/mol. The van der Waals surface area contributed by atoms with E-state index < -0.39 is 21.8 Å². The summed E-state index contributed by atoms with van der Waals surface area (Å²) in [5, 5.41) is 9.97. The van der Waals surface area contributed by atoms with Crippen LogP contribution in [-0.2, 0) is 16.2 Å². The second-order valence-electron chi connectivity index (χ2n) is 8.08. The number of H-pyrrole nitrogens is 1. The molecule has 184 valence electrons. The SMILES string of the molecule is N#Cc1c[nH]c2ncnc(-c3ccc(N4CCN(S(=O)(=O)c5cccc(C(F)(F)F)c5)CC4)nc3)c12. The number of pyridine rings is 1. The summed E-state index contributed by atoms with van der Waals surface area (Å²) >= 11 is 0. The quantitative estimate of drug-likeness (QED) is 0.444. The number of nitriles is 1.